The van der Waals surface area contributed by atoms with Crippen molar-refractivity contribution in [2.45, 2.75) is 45.4 Å². The minimum atomic E-state index is -0.809. The van der Waals surface area contributed by atoms with Gasteiger partial charge in [-0.1, -0.05) is 69.0 Å². The number of likely N-dealkylation sites (N-methyl/N-ethyl adjacent to an activating group) is 1. The SMILES string of the molecule is C=C(CC=CC(=O)OCCCC)C(=O)OC(C(C)O)[N+](C)(C)C.C=Cc1ccccc1.N#CC=C=O.[Cl-]. The van der Waals surface area contributed by atoms with Crippen molar-refractivity contribution in [1.82, 2.24) is 0 Å². The van der Waals surface area contributed by atoms with Gasteiger partial charge in [-0.05, 0) is 25.3 Å². The zero-order valence-electron chi connectivity index (χ0n) is 22.4. The molecule has 1 rings (SSSR count). The van der Waals surface area contributed by atoms with Gasteiger partial charge in [0.25, 0.3) is 6.23 Å². The summed E-state index contributed by atoms with van der Waals surface area (Å²) in [5, 5.41) is 17.2. The van der Waals surface area contributed by atoms with Gasteiger partial charge in [-0.2, -0.15) is 5.26 Å². The molecule has 0 aromatic heterocycles. The van der Waals surface area contributed by atoms with E-state index in [0.717, 1.165) is 18.9 Å². The molecule has 2 atom stereocenters. The standard InChI is InChI=1S/C17H30NO5.C8H8.C3HNO.ClH/c1-7-8-12-22-15(20)11-9-10-13(2)17(21)23-16(14(3)19)18(4,5)6;1-2-8-6-4-3-5-7-8;4-2-1-3-5;/h9,11,14,16,19H,2,7-8,10,12H2,1,3-6H3;2-7H,1H2;1H;1H/q+1;;;/p-1. The van der Waals surface area contributed by atoms with Crippen LogP contribution in [0.3, 0.4) is 0 Å². The highest BCUT2D eigenvalue weighted by molar-refractivity contribution is 5.88. The number of ether oxygens (including phenoxy) is 2. The molecule has 1 N–H and O–H groups in total. The highest BCUT2D eigenvalue weighted by atomic mass is 35.5. The number of rotatable bonds is 11. The average molecular weight is 535 g/mol. The lowest BCUT2D eigenvalue weighted by Crippen LogP contribution is -3.00. The van der Waals surface area contributed by atoms with E-state index in [4.69, 9.17) is 19.5 Å². The molecule has 1 aromatic carbocycles. The van der Waals surface area contributed by atoms with Crippen molar-refractivity contribution >= 4 is 24.0 Å². The van der Waals surface area contributed by atoms with Crippen molar-refractivity contribution in [2.75, 3.05) is 27.7 Å². The van der Waals surface area contributed by atoms with Crippen LogP contribution >= 0.6 is 0 Å². The molecule has 8 nitrogen and oxygen atoms in total. The Bertz CT molecular complexity index is 924. The Morgan fingerprint density at radius 2 is 1.81 bits per heavy atom. The number of carbonyl (C=O) groups excluding carboxylic acids is 3. The largest absolute Gasteiger partial charge is 1.00 e. The molecule has 0 heterocycles. The number of carbonyl (C=O) groups is 2. The van der Waals surface area contributed by atoms with E-state index in [1.165, 1.54) is 29.7 Å². The maximum Gasteiger partial charge on any atom is 0.338 e. The Balaban J connectivity index is -0.000000671. The van der Waals surface area contributed by atoms with Gasteiger partial charge in [0.15, 0.2) is 0 Å². The van der Waals surface area contributed by atoms with Crippen LogP contribution in [-0.4, -0.2) is 67.6 Å². The predicted octanol–water partition coefficient (Wildman–Crippen LogP) is 1.02. The van der Waals surface area contributed by atoms with E-state index < -0.39 is 24.3 Å². The van der Waals surface area contributed by atoms with Crippen LogP contribution in [0.15, 0.2) is 67.3 Å². The molecule has 0 fully saturated rings. The number of quaternary nitrogens is 1. The summed E-state index contributed by atoms with van der Waals surface area (Å²) in [5.74, 6) is 0.254. The lowest BCUT2D eigenvalue weighted by Gasteiger charge is -2.34. The molecule has 0 saturated carbocycles. The molecule has 0 bridgehead atoms. The lowest BCUT2D eigenvalue weighted by molar-refractivity contribution is -0.920. The van der Waals surface area contributed by atoms with Crippen molar-refractivity contribution in [3.63, 3.8) is 0 Å². The molecule has 37 heavy (non-hydrogen) atoms. The minimum absolute atomic E-state index is 0. The first-order valence-corrected chi connectivity index (χ1v) is 11.4. The Morgan fingerprint density at radius 1 is 1.22 bits per heavy atom. The number of nitrogens with zero attached hydrogens (tertiary/aromatic N) is 2. The average Bonchev–Trinajstić information content (AvgIpc) is 2.83. The maximum atomic E-state index is 12.0. The maximum absolute atomic E-state index is 12.0. The third-order valence-electron chi connectivity index (χ3n) is 4.21. The number of halogens is 1. The highest BCUT2D eigenvalue weighted by Gasteiger charge is 2.32. The fourth-order valence-electron chi connectivity index (χ4n) is 2.46. The predicted molar refractivity (Wildman–Crippen MR) is 141 cm³/mol. The zero-order chi connectivity index (χ0) is 28.0. The van der Waals surface area contributed by atoms with Crippen LogP contribution in [-0.2, 0) is 23.9 Å². The molecule has 0 saturated heterocycles. The Morgan fingerprint density at radius 3 is 2.19 bits per heavy atom. The second-order valence-electron chi connectivity index (χ2n) is 8.39. The summed E-state index contributed by atoms with van der Waals surface area (Å²) in [6.07, 6.45) is 5.84. The third-order valence-corrected chi connectivity index (χ3v) is 4.21. The van der Waals surface area contributed by atoms with E-state index >= 15 is 0 Å². The second-order valence-corrected chi connectivity index (χ2v) is 8.39. The molecule has 1 aromatic rings. The lowest BCUT2D eigenvalue weighted by atomic mass is 10.2. The Kier molecular flexibility index (Phi) is 23.6. The van der Waals surface area contributed by atoms with Crippen LogP contribution in [0.4, 0.5) is 0 Å². The molecule has 0 spiro atoms. The Labute approximate surface area is 227 Å². The van der Waals surface area contributed by atoms with Crippen molar-refractivity contribution in [1.29, 1.82) is 5.26 Å². The number of hydrogen-bond donors (Lipinski definition) is 1. The van der Waals surface area contributed by atoms with Crippen LogP contribution in [0.5, 0.6) is 0 Å². The number of allylic oxidation sites excluding steroid dienone is 2. The molecule has 0 aliphatic carbocycles. The Hall–Kier alpha value is -3.47. The number of aliphatic hydroxyl groups excluding tert-OH is 1. The summed E-state index contributed by atoms with van der Waals surface area (Å²) in [7, 11) is 5.46. The number of benzene rings is 1. The summed E-state index contributed by atoms with van der Waals surface area (Å²) < 4.78 is 10.5. The number of esters is 2. The van der Waals surface area contributed by atoms with E-state index in [1.807, 2.05) is 64.5 Å². The van der Waals surface area contributed by atoms with Crippen molar-refractivity contribution < 1.29 is 45.9 Å². The van der Waals surface area contributed by atoms with Gasteiger partial charge in [0.05, 0.1) is 33.8 Å². The van der Waals surface area contributed by atoms with Crippen LogP contribution in [0.1, 0.15) is 38.7 Å². The van der Waals surface area contributed by atoms with E-state index in [1.54, 1.807) is 6.92 Å². The summed E-state index contributed by atoms with van der Waals surface area (Å²) in [4.78, 5) is 32.4. The third kappa shape index (κ3) is 21.5. The zero-order valence-corrected chi connectivity index (χ0v) is 23.1. The molecule has 0 radical (unpaired) electrons. The number of nitriles is 1. The molecular formula is C28H39ClN2O6. The van der Waals surface area contributed by atoms with Crippen LogP contribution < -0.4 is 12.4 Å². The molecule has 204 valence electrons. The topological polar surface area (TPSA) is 114 Å². The monoisotopic (exact) mass is 534 g/mol. The van der Waals surface area contributed by atoms with E-state index in [9.17, 15) is 14.7 Å². The fourth-order valence-corrected chi connectivity index (χ4v) is 2.46. The molecule has 0 aliphatic rings. The van der Waals surface area contributed by atoms with Gasteiger partial charge >= 0.3 is 11.9 Å². The number of hydrogen-bond acceptors (Lipinski definition) is 7. The smallest absolute Gasteiger partial charge is 0.338 e. The van der Waals surface area contributed by atoms with Gasteiger partial charge in [-0.25, -0.2) is 14.4 Å². The fraction of sp³-hybridized carbons (Fsp3) is 0.393. The van der Waals surface area contributed by atoms with Crippen LogP contribution in [0.25, 0.3) is 6.08 Å². The molecule has 2 unspecified atom stereocenters. The van der Waals surface area contributed by atoms with Gasteiger partial charge in [-0.15, -0.1) is 0 Å². The molecular weight excluding hydrogens is 496 g/mol. The second kappa shape index (κ2) is 23.0. The van der Waals surface area contributed by atoms with Gasteiger partial charge in [0, 0.05) is 11.6 Å². The van der Waals surface area contributed by atoms with E-state index in [0.29, 0.717) is 6.61 Å². The first kappa shape index (κ1) is 38.1. The van der Waals surface area contributed by atoms with E-state index in [-0.39, 0.29) is 28.9 Å². The van der Waals surface area contributed by atoms with Crippen molar-refractivity contribution in [3.05, 3.63) is 72.9 Å². The number of aliphatic hydroxyl groups is 1. The molecule has 0 amide bonds. The van der Waals surface area contributed by atoms with Crippen molar-refractivity contribution in [2.24, 2.45) is 0 Å². The van der Waals surface area contributed by atoms with Crippen LogP contribution in [0.2, 0.25) is 0 Å². The first-order valence-electron chi connectivity index (χ1n) is 11.4. The summed E-state index contributed by atoms with van der Waals surface area (Å²) >= 11 is 0. The van der Waals surface area contributed by atoms with E-state index in [2.05, 4.69) is 13.2 Å². The summed E-state index contributed by atoms with van der Waals surface area (Å²) in [5.41, 5.74) is 1.38. The summed E-state index contributed by atoms with van der Waals surface area (Å²) in [6.45, 7) is 11.3. The quantitative estimate of drug-likeness (QED) is 0.0857. The normalized spacial score (nSPS) is 11.3. The first-order chi connectivity index (χ1) is 16.9. The highest BCUT2D eigenvalue weighted by Crippen LogP contribution is 2.13. The van der Waals surface area contributed by atoms with Gasteiger partial charge in [0.2, 0.25) is 0 Å². The molecule has 9 heteroatoms. The van der Waals surface area contributed by atoms with Crippen LogP contribution in [0, 0.1) is 11.3 Å². The van der Waals surface area contributed by atoms with Gasteiger partial charge in [-0.3, -0.25) is 4.48 Å². The molecule has 0 aliphatic heterocycles. The van der Waals surface area contributed by atoms with Gasteiger partial charge in [0.1, 0.15) is 18.1 Å². The number of unbranched alkanes of at least 4 members (excludes halogenated alkanes) is 1. The summed E-state index contributed by atoms with van der Waals surface area (Å²) in [6, 6.07) is 11.5. The van der Waals surface area contributed by atoms with Gasteiger partial charge < -0.3 is 27.0 Å². The van der Waals surface area contributed by atoms with Crippen molar-refractivity contribution in [3.8, 4) is 6.07 Å². The minimum Gasteiger partial charge on any atom is -1.00 e.